The molecular weight excluding hydrogens is 330 g/mol. The van der Waals surface area contributed by atoms with Gasteiger partial charge in [0.2, 0.25) is 0 Å². The number of carbonyl (C=O) groups is 1. The predicted molar refractivity (Wildman–Crippen MR) is 87.5 cm³/mol. The SMILES string of the molecule is Cc1ccccc1C(=O)N1CCOCC1c1[nH]ncc1S(C)(=O)=O. The van der Waals surface area contributed by atoms with Gasteiger partial charge in [0.1, 0.15) is 4.90 Å². The number of nitrogens with zero attached hydrogens (tertiary/aromatic N) is 2. The van der Waals surface area contributed by atoms with Gasteiger partial charge in [0, 0.05) is 18.4 Å². The van der Waals surface area contributed by atoms with Crippen molar-refractivity contribution < 1.29 is 17.9 Å². The lowest BCUT2D eigenvalue weighted by atomic mass is 10.1. The fraction of sp³-hybridized carbons (Fsp3) is 0.375. The molecule has 1 atom stereocenters. The Balaban J connectivity index is 2.00. The standard InChI is InChI=1S/C16H19N3O4S/c1-11-5-3-4-6-12(11)16(20)19-7-8-23-10-13(19)15-14(9-17-18-15)24(2,21)22/h3-6,9,13H,7-8,10H2,1-2H3,(H,17,18). The van der Waals surface area contributed by atoms with Crippen LogP contribution in [0.3, 0.4) is 0 Å². The number of amides is 1. The summed E-state index contributed by atoms with van der Waals surface area (Å²) >= 11 is 0. The van der Waals surface area contributed by atoms with Gasteiger partial charge in [0.15, 0.2) is 9.84 Å². The monoisotopic (exact) mass is 349 g/mol. The lowest BCUT2D eigenvalue weighted by Crippen LogP contribution is -2.44. The fourth-order valence-electron chi connectivity index (χ4n) is 2.87. The van der Waals surface area contributed by atoms with Crippen molar-refractivity contribution in [2.24, 2.45) is 0 Å². The summed E-state index contributed by atoms with van der Waals surface area (Å²) in [6, 6.07) is 6.82. The number of aryl methyl sites for hydroxylation is 1. The smallest absolute Gasteiger partial charge is 0.254 e. The van der Waals surface area contributed by atoms with Gasteiger partial charge in [0.05, 0.1) is 31.1 Å². The molecule has 0 bridgehead atoms. The van der Waals surface area contributed by atoms with Gasteiger partial charge in [-0.25, -0.2) is 8.42 Å². The van der Waals surface area contributed by atoms with Crippen LogP contribution in [0.1, 0.15) is 27.7 Å². The van der Waals surface area contributed by atoms with Crippen LogP contribution in [0.5, 0.6) is 0 Å². The number of nitrogens with one attached hydrogen (secondary N) is 1. The molecule has 0 spiro atoms. The molecule has 24 heavy (non-hydrogen) atoms. The Hall–Kier alpha value is -2.19. The Kier molecular flexibility index (Phi) is 4.42. The maximum absolute atomic E-state index is 13.0. The summed E-state index contributed by atoms with van der Waals surface area (Å²) in [7, 11) is -3.45. The van der Waals surface area contributed by atoms with Crippen LogP contribution in [0.4, 0.5) is 0 Å². The van der Waals surface area contributed by atoms with Crippen LogP contribution in [0.15, 0.2) is 35.4 Å². The Morgan fingerprint density at radius 1 is 1.38 bits per heavy atom. The number of carbonyl (C=O) groups excluding carboxylic acids is 1. The van der Waals surface area contributed by atoms with Crippen molar-refractivity contribution in [1.82, 2.24) is 15.1 Å². The molecule has 2 aromatic rings. The zero-order valence-electron chi connectivity index (χ0n) is 13.5. The molecule has 1 fully saturated rings. The molecule has 3 rings (SSSR count). The maximum Gasteiger partial charge on any atom is 0.254 e. The average Bonchev–Trinajstić information content (AvgIpc) is 3.04. The van der Waals surface area contributed by atoms with Gasteiger partial charge >= 0.3 is 0 Å². The first-order valence-corrected chi connectivity index (χ1v) is 9.46. The Morgan fingerprint density at radius 2 is 2.12 bits per heavy atom. The van der Waals surface area contributed by atoms with Crippen molar-refractivity contribution >= 4 is 15.7 Å². The van der Waals surface area contributed by atoms with Crippen molar-refractivity contribution in [2.75, 3.05) is 26.0 Å². The number of H-pyrrole nitrogens is 1. The van der Waals surface area contributed by atoms with Gasteiger partial charge in [-0.2, -0.15) is 5.10 Å². The summed E-state index contributed by atoms with van der Waals surface area (Å²) in [5.41, 5.74) is 1.87. The number of morpholine rings is 1. The van der Waals surface area contributed by atoms with Gasteiger partial charge in [-0.1, -0.05) is 18.2 Å². The van der Waals surface area contributed by atoms with E-state index in [0.29, 0.717) is 24.4 Å². The molecule has 2 heterocycles. The van der Waals surface area contributed by atoms with E-state index in [4.69, 9.17) is 4.74 Å². The van der Waals surface area contributed by atoms with Crippen LogP contribution in [0.2, 0.25) is 0 Å². The van der Waals surface area contributed by atoms with Crippen LogP contribution in [0.25, 0.3) is 0 Å². The zero-order valence-corrected chi connectivity index (χ0v) is 14.3. The van der Waals surface area contributed by atoms with Crippen molar-refractivity contribution in [3.8, 4) is 0 Å². The van der Waals surface area contributed by atoms with E-state index in [1.165, 1.54) is 6.20 Å². The van der Waals surface area contributed by atoms with Crippen LogP contribution in [0, 0.1) is 6.92 Å². The lowest BCUT2D eigenvalue weighted by Gasteiger charge is -2.35. The molecule has 1 unspecified atom stereocenters. The molecule has 1 N–H and O–H groups in total. The summed E-state index contributed by atoms with van der Waals surface area (Å²) in [4.78, 5) is 14.7. The largest absolute Gasteiger partial charge is 0.377 e. The lowest BCUT2D eigenvalue weighted by molar-refractivity contribution is -0.00472. The molecule has 128 valence electrons. The molecule has 1 amide bonds. The molecule has 1 aromatic carbocycles. The first-order chi connectivity index (χ1) is 11.4. The predicted octanol–water partition coefficient (Wildman–Crippen LogP) is 1.34. The highest BCUT2D eigenvalue weighted by atomic mass is 32.2. The summed E-state index contributed by atoms with van der Waals surface area (Å²) in [6.07, 6.45) is 2.40. The van der Waals surface area contributed by atoms with Gasteiger partial charge in [-0.05, 0) is 18.6 Å². The first kappa shape index (κ1) is 16.7. The van der Waals surface area contributed by atoms with Crippen LogP contribution < -0.4 is 0 Å². The van der Waals surface area contributed by atoms with E-state index in [-0.39, 0.29) is 17.4 Å². The van der Waals surface area contributed by atoms with Crippen molar-refractivity contribution in [3.05, 3.63) is 47.3 Å². The first-order valence-electron chi connectivity index (χ1n) is 7.57. The topological polar surface area (TPSA) is 92.4 Å². The van der Waals surface area contributed by atoms with E-state index in [2.05, 4.69) is 10.2 Å². The fourth-order valence-corrected chi connectivity index (χ4v) is 3.70. The number of benzene rings is 1. The van der Waals surface area contributed by atoms with Gasteiger partial charge < -0.3 is 9.64 Å². The third-order valence-corrected chi connectivity index (χ3v) is 5.25. The zero-order chi connectivity index (χ0) is 17.3. The Bertz CT molecular complexity index is 860. The van der Waals surface area contributed by atoms with E-state index in [0.717, 1.165) is 11.8 Å². The van der Waals surface area contributed by atoms with Crippen molar-refractivity contribution in [3.63, 3.8) is 0 Å². The minimum absolute atomic E-state index is 0.0978. The second-order valence-corrected chi connectivity index (χ2v) is 7.81. The van der Waals surface area contributed by atoms with Gasteiger partial charge in [-0.3, -0.25) is 9.89 Å². The Morgan fingerprint density at radius 3 is 2.83 bits per heavy atom. The molecule has 8 heteroatoms. The highest BCUT2D eigenvalue weighted by Gasteiger charge is 2.34. The molecular formula is C16H19N3O4S. The molecule has 1 aliphatic heterocycles. The quantitative estimate of drug-likeness (QED) is 0.903. The van der Waals surface area contributed by atoms with Crippen molar-refractivity contribution in [2.45, 2.75) is 17.9 Å². The van der Waals surface area contributed by atoms with Crippen molar-refractivity contribution in [1.29, 1.82) is 0 Å². The molecule has 0 radical (unpaired) electrons. The molecule has 0 saturated carbocycles. The minimum atomic E-state index is -3.45. The van der Waals surface area contributed by atoms with E-state index in [1.54, 1.807) is 11.0 Å². The van der Waals surface area contributed by atoms with Crippen LogP contribution in [-0.4, -0.2) is 55.4 Å². The van der Waals surface area contributed by atoms with Crippen LogP contribution >= 0.6 is 0 Å². The molecule has 1 aliphatic rings. The van der Waals surface area contributed by atoms with Gasteiger partial charge in [0.25, 0.3) is 5.91 Å². The highest BCUT2D eigenvalue weighted by molar-refractivity contribution is 7.90. The molecule has 0 aliphatic carbocycles. The highest BCUT2D eigenvalue weighted by Crippen LogP contribution is 2.29. The maximum atomic E-state index is 13.0. The molecule has 1 aromatic heterocycles. The second kappa shape index (κ2) is 6.37. The summed E-state index contributed by atoms with van der Waals surface area (Å²) in [5.74, 6) is -0.143. The summed E-state index contributed by atoms with van der Waals surface area (Å²) in [6.45, 7) is 2.90. The number of hydrogen-bond acceptors (Lipinski definition) is 5. The molecule has 7 nitrogen and oxygen atoms in total. The average molecular weight is 349 g/mol. The number of ether oxygens (including phenoxy) is 1. The normalized spacial score (nSPS) is 18.6. The number of rotatable bonds is 3. The van der Waals surface area contributed by atoms with Crippen LogP contribution in [-0.2, 0) is 14.6 Å². The van der Waals surface area contributed by atoms with E-state index < -0.39 is 15.9 Å². The van der Waals surface area contributed by atoms with Gasteiger partial charge in [-0.15, -0.1) is 0 Å². The third kappa shape index (κ3) is 3.07. The number of aromatic nitrogens is 2. The summed E-state index contributed by atoms with van der Waals surface area (Å²) in [5, 5.41) is 6.58. The number of aromatic amines is 1. The minimum Gasteiger partial charge on any atom is -0.377 e. The molecule has 1 saturated heterocycles. The third-order valence-electron chi connectivity index (χ3n) is 4.13. The van der Waals surface area contributed by atoms with E-state index in [9.17, 15) is 13.2 Å². The number of hydrogen-bond donors (Lipinski definition) is 1. The Labute approximate surface area is 140 Å². The summed E-state index contributed by atoms with van der Waals surface area (Å²) < 4.78 is 29.4. The number of sulfone groups is 1. The van der Waals surface area contributed by atoms with E-state index in [1.807, 2.05) is 25.1 Å². The second-order valence-electron chi connectivity index (χ2n) is 5.82. The van der Waals surface area contributed by atoms with E-state index >= 15 is 0 Å².